The van der Waals surface area contributed by atoms with E-state index in [4.69, 9.17) is 21.1 Å². The minimum Gasteiger partial charge on any atom is -0.469 e. The van der Waals surface area contributed by atoms with Crippen molar-refractivity contribution in [2.75, 3.05) is 11.9 Å². The average Bonchev–Trinajstić information content (AvgIpc) is 2.88. The van der Waals surface area contributed by atoms with Gasteiger partial charge in [-0.1, -0.05) is 23.4 Å². The van der Waals surface area contributed by atoms with E-state index in [0.29, 0.717) is 34.0 Å². The van der Waals surface area contributed by atoms with E-state index >= 15 is 0 Å². The van der Waals surface area contributed by atoms with Crippen LogP contribution >= 0.6 is 11.6 Å². The molecule has 0 aliphatic rings. The molecule has 2 rings (SSSR count). The van der Waals surface area contributed by atoms with Crippen LogP contribution in [0.25, 0.3) is 0 Å². The standard InChI is InChI=1S/C16H14ClNO3/c1-11-8-13(10-21-11)16(20)18-15-6-5-14(17)9-12(15)4-2-3-7-19/h5-6,8-10,19H,3,7H2,1H3,(H,18,20). The molecule has 108 valence electrons. The zero-order chi connectivity index (χ0) is 15.2. The lowest BCUT2D eigenvalue weighted by atomic mass is 10.1. The maximum atomic E-state index is 12.1. The number of hydrogen-bond acceptors (Lipinski definition) is 3. The molecule has 0 aliphatic carbocycles. The van der Waals surface area contributed by atoms with Crippen molar-refractivity contribution in [2.24, 2.45) is 0 Å². The first-order chi connectivity index (χ1) is 10.1. The van der Waals surface area contributed by atoms with Gasteiger partial charge in [0.2, 0.25) is 0 Å². The molecule has 1 amide bonds. The number of carbonyl (C=O) groups excluding carboxylic acids is 1. The Labute approximate surface area is 127 Å². The van der Waals surface area contributed by atoms with Crippen molar-refractivity contribution < 1.29 is 14.3 Å². The van der Waals surface area contributed by atoms with E-state index in [0.717, 1.165) is 0 Å². The van der Waals surface area contributed by atoms with Crippen LogP contribution in [0.2, 0.25) is 5.02 Å². The Balaban J connectivity index is 2.23. The maximum Gasteiger partial charge on any atom is 0.258 e. The summed E-state index contributed by atoms with van der Waals surface area (Å²) in [7, 11) is 0. The minimum absolute atomic E-state index is 0.0104. The smallest absolute Gasteiger partial charge is 0.258 e. The number of nitrogens with one attached hydrogen (secondary N) is 1. The Morgan fingerprint density at radius 1 is 1.43 bits per heavy atom. The summed E-state index contributed by atoms with van der Waals surface area (Å²) in [4.78, 5) is 12.1. The highest BCUT2D eigenvalue weighted by Gasteiger charge is 2.11. The molecule has 0 unspecified atom stereocenters. The number of halogens is 1. The number of carbonyl (C=O) groups is 1. The van der Waals surface area contributed by atoms with Gasteiger partial charge in [-0.3, -0.25) is 4.79 Å². The summed E-state index contributed by atoms with van der Waals surface area (Å²) in [5, 5.41) is 12.1. The molecule has 5 heteroatoms. The van der Waals surface area contributed by atoms with Crippen LogP contribution in [0, 0.1) is 18.8 Å². The van der Waals surface area contributed by atoms with Crippen molar-refractivity contribution in [2.45, 2.75) is 13.3 Å². The number of amides is 1. The Bertz CT molecular complexity index is 710. The van der Waals surface area contributed by atoms with E-state index in [1.54, 1.807) is 31.2 Å². The van der Waals surface area contributed by atoms with Crippen LogP contribution in [0.4, 0.5) is 5.69 Å². The molecule has 0 bridgehead atoms. The van der Waals surface area contributed by atoms with Crippen LogP contribution in [0.5, 0.6) is 0 Å². The van der Waals surface area contributed by atoms with Crippen LogP contribution in [-0.2, 0) is 0 Å². The van der Waals surface area contributed by atoms with E-state index < -0.39 is 0 Å². The van der Waals surface area contributed by atoms with Gasteiger partial charge in [0, 0.05) is 17.0 Å². The second-order valence-electron chi connectivity index (χ2n) is 4.37. The van der Waals surface area contributed by atoms with Gasteiger partial charge in [0.05, 0.1) is 17.9 Å². The largest absolute Gasteiger partial charge is 0.469 e. The maximum absolute atomic E-state index is 12.1. The first kappa shape index (κ1) is 15.2. The Hall–Kier alpha value is -2.22. The topological polar surface area (TPSA) is 62.5 Å². The second kappa shape index (κ2) is 6.98. The molecule has 0 spiro atoms. The van der Waals surface area contributed by atoms with Gasteiger partial charge in [-0.2, -0.15) is 0 Å². The molecule has 0 saturated carbocycles. The molecular formula is C16H14ClNO3. The molecule has 0 saturated heterocycles. The van der Waals surface area contributed by atoms with Crippen molar-refractivity contribution >= 4 is 23.2 Å². The fraction of sp³-hybridized carbons (Fsp3) is 0.188. The number of aryl methyl sites for hydroxylation is 1. The number of anilines is 1. The van der Waals surface area contributed by atoms with Gasteiger partial charge >= 0.3 is 0 Å². The van der Waals surface area contributed by atoms with Crippen LogP contribution in [0.15, 0.2) is 34.9 Å². The molecule has 2 N–H and O–H groups in total. The SMILES string of the molecule is Cc1cc(C(=O)Nc2ccc(Cl)cc2C#CCCO)co1. The summed E-state index contributed by atoms with van der Waals surface area (Å²) >= 11 is 5.94. The first-order valence-corrected chi connectivity index (χ1v) is 6.73. The Morgan fingerprint density at radius 2 is 2.24 bits per heavy atom. The van der Waals surface area contributed by atoms with Gasteiger partial charge < -0.3 is 14.8 Å². The second-order valence-corrected chi connectivity index (χ2v) is 4.80. The molecule has 0 atom stereocenters. The van der Waals surface area contributed by atoms with Crippen molar-refractivity contribution in [1.29, 1.82) is 0 Å². The summed E-state index contributed by atoms with van der Waals surface area (Å²) in [6, 6.07) is 6.69. The molecule has 0 aliphatic heterocycles. The highest BCUT2D eigenvalue weighted by Crippen LogP contribution is 2.21. The van der Waals surface area contributed by atoms with Crippen LogP contribution in [0.1, 0.15) is 28.1 Å². The van der Waals surface area contributed by atoms with Crippen molar-refractivity contribution in [3.63, 3.8) is 0 Å². The molecule has 21 heavy (non-hydrogen) atoms. The number of benzene rings is 1. The fourth-order valence-electron chi connectivity index (χ4n) is 1.70. The van der Waals surface area contributed by atoms with E-state index in [1.165, 1.54) is 6.26 Å². The molecule has 0 radical (unpaired) electrons. The molecule has 1 aromatic carbocycles. The highest BCUT2D eigenvalue weighted by atomic mass is 35.5. The predicted molar refractivity (Wildman–Crippen MR) is 81.4 cm³/mol. The number of aliphatic hydroxyl groups is 1. The zero-order valence-electron chi connectivity index (χ0n) is 11.4. The van der Waals surface area contributed by atoms with E-state index in [1.807, 2.05) is 0 Å². The summed E-state index contributed by atoms with van der Waals surface area (Å²) in [5.41, 5.74) is 1.61. The molecule has 4 nitrogen and oxygen atoms in total. The highest BCUT2D eigenvalue weighted by molar-refractivity contribution is 6.30. The van der Waals surface area contributed by atoms with Gasteiger partial charge in [-0.05, 0) is 31.2 Å². The van der Waals surface area contributed by atoms with Gasteiger partial charge in [0.25, 0.3) is 5.91 Å². The fourth-order valence-corrected chi connectivity index (χ4v) is 1.87. The lowest BCUT2D eigenvalue weighted by Gasteiger charge is -2.06. The van der Waals surface area contributed by atoms with Crippen LogP contribution < -0.4 is 5.32 Å². The molecule has 1 heterocycles. The van der Waals surface area contributed by atoms with E-state index in [2.05, 4.69) is 17.2 Å². The van der Waals surface area contributed by atoms with Gasteiger partial charge in [-0.15, -0.1) is 0 Å². The Morgan fingerprint density at radius 3 is 2.90 bits per heavy atom. The third-order valence-electron chi connectivity index (χ3n) is 2.68. The summed E-state index contributed by atoms with van der Waals surface area (Å²) in [6.45, 7) is 1.76. The third-order valence-corrected chi connectivity index (χ3v) is 2.92. The monoisotopic (exact) mass is 303 g/mol. The van der Waals surface area contributed by atoms with E-state index in [-0.39, 0.29) is 12.5 Å². The van der Waals surface area contributed by atoms with Crippen molar-refractivity contribution in [1.82, 2.24) is 0 Å². The average molecular weight is 304 g/mol. The summed E-state index contributed by atoms with van der Waals surface area (Å²) < 4.78 is 5.11. The normalized spacial score (nSPS) is 9.86. The Kier molecular flexibility index (Phi) is 5.04. The van der Waals surface area contributed by atoms with E-state index in [9.17, 15) is 4.79 Å². The van der Waals surface area contributed by atoms with Gasteiger partial charge in [-0.25, -0.2) is 0 Å². The zero-order valence-corrected chi connectivity index (χ0v) is 12.2. The molecule has 1 aromatic heterocycles. The first-order valence-electron chi connectivity index (χ1n) is 6.36. The van der Waals surface area contributed by atoms with Crippen molar-refractivity contribution in [3.8, 4) is 11.8 Å². The molecule has 2 aromatic rings. The third kappa shape index (κ3) is 4.12. The minimum atomic E-state index is -0.278. The number of hydrogen-bond donors (Lipinski definition) is 2. The molecular weight excluding hydrogens is 290 g/mol. The quantitative estimate of drug-likeness (QED) is 0.856. The van der Waals surface area contributed by atoms with Crippen LogP contribution in [0.3, 0.4) is 0 Å². The van der Waals surface area contributed by atoms with Gasteiger partial charge in [0.15, 0.2) is 0 Å². The number of aliphatic hydroxyl groups excluding tert-OH is 1. The summed E-state index contributed by atoms with van der Waals surface area (Å²) in [5.74, 6) is 6.08. The number of rotatable bonds is 3. The number of furan rings is 1. The van der Waals surface area contributed by atoms with Crippen molar-refractivity contribution in [3.05, 3.63) is 52.4 Å². The van der Waals surface area contributed by atoms with Gasteiger partial charge in [0.1, 0.15) is 12.0 Å². The molecule has 0 fully saturated rings. The lowest BCUT2D eigenvalue weighted by Crippen LogP contribution is -2.11. The van der Waals surface area contributed by atoms with Crippen LogP contribution in [-0.4, -0.2) is 17.6 Å². The summed E-state index contributed by atoms with van der Waals surface area (Å²) in [6.07, 6.45) is 1.76. The predicted octanol–water partition coefficient (Wildman–Crippen LogP) is 3.23. The lowest BCUT2D eigenvalue weighted by molar-refractivity contribution is 0.102.